The monoisotopic (exact) mass is 548 g/mol. The van der Waals surface area contributed by atoms with Crippen LogP contribution in [0.25, 0.3) is 0 Å². The number of nitrogens with one attached hydrogen (secondary N) is 2. The van der Waals surface area contributed by atoms with Gasteiger partial charge in [-0.15, -0.1) is 0 Å². The first-order valence-corrected chi connectivity index (χ1v) is 11.2. The molecular formula is C20H26F6N4O7. The number of aliphatic hydroxyl groups is 2. The highest BCUT2D eigenvalue weighted by Gasteiger charge is 2.51. The Bertz CT molecular complexity index is 1030. The van der Waals surface area contributed by atoms with Crippen LogP contribution in [0.5, 0.6) is 0 Å². The zero-order chi connectivity index (χ0) is 28.0. The van der Waals surface area contributed by atoms with E-state index >= 15 is 0 Å². The van der Waals surface area contributed by atoms with Gasteiger partial charge in [0, 0.05) is 24.7 Å². The normalized spacial score (nSPS) is 20.3. The van der Waals surface area contributed by atoms with Crippen LogP contribution in [-0.4, -0.2) is 87.3 Å². The fourth-order valence-electron chi connectivity index (χ4n) is 3.62. The maximum atomic E-state index is 12.5. The van der Waals surface area contributed by atoms with Crippen LogP contribution in [0.2, 0.25) is 0 Å². The van der Waals surface area contributed by atoms with Gasteiger partial charge in [-0.25, -0.2) is 4.79 Å². The molecule has 2 amide bonds. The van der Waals surface area contributed by atoms with E-state index in [9.17, 15) is 55.7 Å². The Balaban J connectivity index is 1.81. The first-order chi connectivity index (χ1) is 17.2. The van der Waals surface area contributed by atoms with Gasteiger partial charge in [-0.3, -0.25) is 28.8 Å². The van der Waals surface area contributed by atoms with Gasteiger partial charge in [-0.2, -0.15) is 26.3 Å². The van der Waals surface area contributed by atoms with Crippen molar-refractivity contribution in [2.45, 2.75) is 62.9 Å². The highest BCUT2D eigenvalue weighted by atomic mass is 19.4. The zero-order valence-electron chi connectivity index (χ0n) is 19.3. The van der Waals surface area contributed by atoms with Gasteiger partial charge in [-0.1, -0.05) is 0 Å². The summed E-state index contributed by atoms with van der Waals surface area (Å²) < 4.78 is 81.6. The lowest BCUT2D eigenvalue weighted by molar-refractivity contribution is -0.204. The Morgan fingerprint density at radius 3 is 2.22 bits per heavy atom. The van der Waals surface area contributed by atoms with Crippen molar-refractivity contribution in [3.8, 4) is 0 Å². The molecule has 2 heterocycles. The maximum Gasteiger partial charge on any atom is 0.471 e. The molecule has 0 bridgehead atoms. The van der Waals surface area contributed by atoms with E-state index in [4.69, 9.17) is 4.74 Å². The smallest absolute Gasteiger partial charge is 0.394 e. The number of aryl methyl sites for hydroxylation is 1. The molecule has 1 aromatic rings. The lowest BCUT2D eigenvalue weighted by Crippen LogP contribution is -2.50. The molecule has 0 saturated carbocycles. The molecular weight excluding hydrogens is 522 g/mol. The number of hydrogen-bond donors (Lipinski definition) is 4. The third-order valence-electron chi connectivity index (χ3n) is 5.50. The van der Waals surface area contributed by atoms with Gasteiger partial charge in [0.2, 0.25) is 0 Å². The van der Waals surface area contributed by atoms with E-state index < -0.39 is 71.9 Å². The Hall–Kier alpha value is -2.76. The number of nitrogens with zero attached hydrogens (tertiary/aromatic N) is 2. The fraction of sp³-hybridized carbons (Fsp3) is 0.700. The molecule has 1 saturated heterocycles. The molecule has 3 atom stereocenters. The largest absolute Gasteiger partial charge is 0.471 e. The number of H-pyrrole nitrogens is 1. The molecule has 1 aromatic heterocycles. The van der Waals surface area contributed by atoms with E-state index in [-0.39, 0.29) is 37.9 Å². The molecule has 11 nitrogen and oxygen atoms in total. The number of aliphatic hydroxyl groups excluding tert-OH is 2. The predicted molar refractivity (Wildman–Crippen MR) is 112 cm³/mol. The number of hydrogen-bond acceptors (Lipinski definition) is 8. The molecule has 0 unspecified atom stereocenters. The van der Waals surface area contributed by atoms with Gasteiger partial charge >= 0.3 is 29.9 Å². The van der Waals surface area contributed by atoms with E-state index in [1.54, 1.807) is 0 Å². The molecule has 17 heteroatoms. The molecule has 0 radical (unpaired) electrons. The van der Waals surface area contributed by atoms with E-state index in [0.717, 1.165) is 4.57 Å². The van der Waals surface area contributed by atoms with Gasteiger partial charge in [-0.05, 0) is 38.8 Å². The molecule has 0 aliphatic carbocycles. The summed E-state index contributed by atoms with van der Waals surface area (Å²) in [6.07, 6.45) is -12.0. The van der Waals surface area contributed by atoms with Crippen molar-refractivity contribution in [1.82, 2.24) is 19.8 Å². The van der Waals surface area contributed by atoms with Crippen LogP contribution < -0.4 is 16.6 Å². The standard InChI is InChI=1S/C20H26F6N4O7/c21-19(22,23)16(34)29(17(35)20(24,25)26)7-3-6-27-5-2-1-4-11-9-30(18(36)28-15(11)33)14-8-12(32)13(10-31)37-14/h9,12-14,27,31-32H,1-8,10H2,(H,28,33,36)/t12-,13+,14+/m0/s1. The number of carbonyl (C=O) groups excluding carboxylic acids is 2. The number of aromatic nitrogens is 2. The van der Waals surface area contributed by atoms with Crippen molar-refractivity contribution in [3.05, 3.63) is 32.6 Å². The molecule has 4 N–H and O–H groups in total. The van der Waals surface area contributed by atoms with Crippen molar-refractivity contribution in [1.29, 1.82) is 0 Å². The number of imide groups is 1. The van der Waals surface area contributed by atoms with Crippen LogP contribution in [0.4, 0.5) is 26.3 Å². The molecule has 0 spiro atoms. The average molecular weight is 548 g/mol. The summed E-state index contributed by atoms with van der Waals surface area (Å²) in [5.41, 5.74) is -1.15. The minimum atomic E-state index is -5.64. The first kappa shape index (κ1) is 30.5. The minimum Gasteiger partial charge on any atom is -0.394 e. The summed E-state index contributed by atoms with van der Waals surface area (Å²) in [6, 6.07) is 0. The van der Waals surface area contributed by atoms with Gasteiger partial charge in [0.05, 0.1) is 12.7 Å². The quantitative estimate of drug-likeness (QED) is 0.222. The second-order valence-corrected chi connectivity index (χ2v) is 8.25. The summed E-state index contributed by atoms with van der Waals surface area (Å²) in [4.78, 5) is 47.8. The summed E-state index contributed by atoms with van der Waals surface area (Å²) in [5.74, 6) is -5.79. The average Bonchev–Trinajstić information content (AvgIpc) is 3.17. The van der Waals surface area contributed by atoms with Gasteiger partial charge in [0.1, 0.15) is 12.3 Å². The maximum absolute atomic E-state index is 12.5. The Labute approximate surface area is 205 Å². The number of rotatable bonds is 11. The van der Waals surface area contributed by atoms with Gasteiger partial charge in [0.25, 0.3) is 5.56 Å². The van der Waals surface area contributed by atoms with E-state index in [1.807, 2.05) is 0 Å². The molecule has 1 aliphatic heterocycles. The Morgan fingerprint density at radius 2 is 1.68 bits per heavy atom. The Kier molecular flexibility index (Phi) is 10.4. The number of unbranched alkanes of at least 4 members (excludes halogenated alkanes) is 1. The summed E-state index contributed by atoms with van der Waals surface area (Å²) in [5, 5.41) is 21.8. The van der Waals surface area contributed by atoms with Crippen LogP contribution in [0.1, 0.15) is 37.5 Å². The van der Waals surface area contributed by atoms with Crippen LogP contribution in [0, 0.1) is 0 Å². The number of alkyl halides is 6. The van der Waals surface area contributed by atoms with Gasteiger partial charge < -0.3 is 20.3 Å². The van der Waals surface area contributed by atoms with Crippen molar-refractivity contribution in [2.24, 2.45) is 0 Å². The summed E-state index contributed by atoms with van der Waals surface area (Å²) in [7, 11) is 0. The number of aromatic amines is 1. The van der Waals surface area contributed by atoms with Crippen molar-refractivity contribution in [2.75, 3.05) is 26.2 Å². The van der Waals surface area contributed by atoms with Crippen LogP contribution in [0.15, 0.2) is 15.8 Å². The van der Waals surface area contributed by atoms with Crippen molar-refractivity contribution >= 4 is 11.8 Å². The molecule has 210 valence electrons. The zero-order valence-corrected chi connectivity index (χ0v) is 19.3. The van der Waals surface area contributed by atoms with Gasteiger partial charge in [0.15, 0.2) is 0 Å². The number of carbonyl (C=O) groups is 2. The highest BCUT2D eigenvalue weighted by Crippen LogP contribution is 2.27. The molecule has 37 heavy (non-hydrogen) atoms. The Morgan fingerprint density at radius 1 is 1.08 bits per heavy atom. The number of ether oxygens (including phenoxy) is 1. The first-order valence-electron chi connectivity index (χ1n) is 11.2. The molecule has 0 aromatic carbocycles. The summed E-state index contributed by atoms with van der Waals surface area (Å²) >= 11 is 0. The SMILES string of the molecule is O=C(N(CCCNCCCCc1cn([C@H]2C[C@H](O)[C@@H](CO)O2)c(=O)[nH]c1=O)C(=O)C(F)(F)F)C(F)(F)F. The summed E-state index contributed by atoms with van der Waals surface area (Å²) in [6.45, 7) is -1.37. The van der Waals surface area contributed by atoms with Crippen LogP contribution in [0.3, 0.4) is 0 Å². The predicted octanol–water partition coefficient (Wildman–Crippen LogP) is -0.0405. The van der Waals surface area contributed by atoms with Crippen molar-refractivity contribution in [3.63, 3.8) is 0 Å². The molecule has 1 aliphatic rings. The fourth-order valence-corrected chi connectivity index (χ4v) is 3.62. The third-order valence-corrected chi connectivity index (χ3v) is 5.50. The van der Waals surface area contributed by atoms with E-state index in [2.05, 4.69) is 10.3 Å². The van der Waals surface area contributed by atoms with E-state index in [0.29, 0.717) is 12.8 Å². The molecule has 2 rings (SSSR count). The third kappa shape index (κ3) is 8.37. The van der Waals surface area contributed by atoms with Crippen LogP contribution in [-0.2, 0) is 20.7 Å². The number of halogens is 6. The lowest BCUT2D eigenvalue weighted by atomic mass is 10.1. The van der Waals surface area contributed by atoms with Crippen molar-refractivity contribution < 1.29 is 50.9 Å². The molecule has 1 fully saturated rings. The second kappa shape index (κ2) is 12.7. The number of amides is 2. The highest BCUT2D eigenvalue weighted by molar-refractivity contribution is 6.00. The second-order valence-electron chi connectivity index (χ2n) is 8.25. The minimum absolute atomic E-state index is 0.0289. The van der Waals surface area contributed by atoms with E-state index in [1.165, 1.54) is 6.20 Å². The van der Waals surface area contributed by atoms with Crippen LogP contribution >= 0.6 is 0 Å². The topological polar surface area (TPSA) is 154 Å². The lowest BCUT2D eigenvalue weighted by Gasteiger charge is -2.22.